The van der Waals surface area contributed by atoms with Crippen molar-refractivity contribution in [3.8, 4) is 5.75 Å². The average molecular weight is 229 g/mol. The highest BCUT2D eigenvalue weighted by atomic mass is 16.5. The maximum absolute atomic E-state index is 5.49. The largest absolute Gasteiger partial charge is 0.493 e. The first-order chi connectivity index (χ1) is 8.33. The minimum atomic E-state index is 0.245. The highest BCUT2D eigenvalue weighted by molar-refractivity contribution is 5.53. The molecule has 0 aliphatic carbocycles. The van der Waals surface area contributed by atoms with Crippen LogP contribution >= 0.6 is 0 Å². The summed E-state index contributed by atoms with van der Waals surface area (Å²) in [5.41, 5.74) is 3.57. The Morgan fingerprint density at radius 2 is 2.24 bits per heavy atom. The molecule has 88 valence electrons. The van der Waals surface area contributed by atoms with Gasteiger partial charge in [-0.2, -0.15) is 0 Å². The molecule has 3 nitrogen and oxygen atoms in total. The van der Waals surface area contributed by atoms with Crippen LogP contribution in [0.4, 0.5) is 5.69 Å². The summed E-state index contributed by atoms with van der Waals surface area (Å²) < 4.78 is 10.6. The molecule has 3 heteroatoms. The third kappa shape index (κ3) is 2.00. The van der Waals surface area contributed by atoms with Gasteiger partial charge in [0.05, 0.1) is 25.2 Å². The lowest BCUT2D eigenvalue weighted by Gasteiger charge is -2.14. The smallest absolute Gasteiger partial charge is 0.122 e. The van der Waals surface area contributed by atoms with Crippen molar-refractivity contribution in [2.45, 2.75) is 19.4 Å². The Bertz CT molecular complexity index is 505. The van der Waals surface area contributed by atoms with Gasteiger partial charge in [-0.1, -0.05) is 0 Å². The molecule has 0 radical (unpaired) electrons. The number of benzene rings is 1. The molecule has 0 amide bonds. The van der Waals surface area contributed by atoms with Crippen LogP contribution in [0, 0.1) is 0 Å². The second-order valence-corrected chi connectivity index (χ2v) is 4.34. The molecule has 0 saturated carbocycles. The van der Waals surface area contributed by atoms with E-state index >= 15 is 0 Å². The zero-order chi connectivity index (χ0) is 11.7. The van der Waals surface area contributed by atoms with Gasteiger partial charge in [-0.15, -0.1) is 0 Å². The molecule has 1 aliphatic heterocycles. The van der Waals surface area contributed by atoms with E-state index < -0.39 is 0 Å². The van der Waals surface area contributed by atoms with Gasteiger partial charge in [0.25, 0.3) is 0 Å². The zero-order valence-electron chi connectivity index (χ0n) is 9.77. The molecule has 0 spiro atoms. The van der Waals surface area contributed by atoms with Crippen molar-refractivity contribution in [3.05, 3.63) is 47.9 Å². The van der Waals surface area contributed by atoms with Gasteiger partial charge in [0.15, 0.2) is 0 Å². The summed E-state index contributed by atoms with van der Waals surface area (Å²) in [5.74, 6) is 1.02. The summed E-state index contributed by atoms with van der Waals surface area (Å²) >= 11 is 0. The van der Waals surface area contributed by atoms with Gasteiger partial charge in [0, 0.05) is 17.7 Å². The Morgan fingerprint density at radius 1 is 1.29 bits per heavy atom. The van der Waals surface area contributed by atoms with Crippen LogP contribution in [-0.2, 0) is 6.42 Å². The Labute approximate surface area is 100 Å². The van der Waals surface area contributed by atoms with Crippen LogP contribution < -0.4 is 10.1 Å². The Balaban J connectivity index is 1.77. The van der Waals surface area contributed by atoms with Crippen LogP contribution in [0.15, 0.2) is 41.2 Å². The molecule has 1 atom stereocenters. The van der Waals surface area contributed by atoms with Crippen molar-refractivity contribution in [1.82, 2.24) is 0 Å². The van der Waals surface area contributed by atoms with E-state index in [0.29, 0.717) is 0 Å². The number of hydrogen-bond acceptors (Lipinski definition) is 3. The highest BCUT2D eigenvalue weighted by Crippen LogP contribution is 2.29. The van der Waals surface area contributed by atoms with Gasteiger partial charge >= 0.3 is 0 Å². The predicted octanol–water partition coefficient (Wildman–Crippen LogP) is 3.39. The molecule has 3 rings (SSSR count). The summed E-state index contributed by atoms with van der Waals surface area (Å²) in [5, 5.41) is 3.46. The summed E-state index contributed by atoms with van der Waals surface area (Å²) in [6.45, 7) is 2.92. The normalized spacial score (nSPS) is 15.1. The molecule has 1 aromatic heterocycles. The second kappa shape index (κ2) is 4.17. The topological polar surface area (TPSA) is 34.4 Å². The fourth-order valence-corrected chi connectivity index (χ4v) is 2.13. The lowest BCUT2D eigenvalue weighted by atomic mass is 10.1. The van der Waals surface area contributed by atoms with E-state index in [2.05, 4.69) is 24.4 Å². The van der Waals surface area contributed by atoms with E-state index in [-0.39, 0.29) is 6.04 Å². The average Bonchev–Trinajstić information content (AvgIpc) is 2.99. The van der Waals surface area contributed by atoms with Gasteiger partial charge in [0.1, 0.15) is 5.75 Å². The van der Waals surface area contributed by atoms with Crippen molar-refractivity contribution in [3.63, 3.8) is 0 Å². The Kier molecular flexibility index (Phi) is 2.52. The molecule has 2 aromatic rings. The minimum Gasteiger partial charge on any atom is -0.493 e. The molecule has 2 heterocycles. The lowest BCUT2D eigenvalue weighted by Crippen LogP contribution is -2.05. The molecule has 0 saturated heterocycles. The van der Waals surface area contributed by atoms with Crippen LogP contribution in [0.2, 0.25) is 0 Å². The molecule has 17 heavy (non-hydrogen) atoms. The molecule has 0 fully saturated rings. The summed E-state index contributed by atoms with van der Waals surface area (Å²) in [6.07, 6.45) is 4.48. The zero-order valence-corrected chi connectivity index (χ0v) is 9.77. The molecule has 0 bridgehead atoms. The van der Waals surface area contributed by atoms with Crippen LogP contribution in [0.5, 0.6) is 5.75 Å². The fraction of sp³-hybridized carbons (Fsp3) is 0.286. The second-order valence-electron chi connectivity index (χ2n) is 4.34. The summed E-state index contributed by atoms with van der Waals surface area (Å²) in [7, 11) is 0. The van der Waals surface area contributed by atoms with E-state index in [1.54, 1.807) is 12.5 Å². The first kappa shape index (κ1) is 10.3. The monoisotopic (exact) mass is 229 g/mol. The maximum atomic E-state index is 5.49. The van der Waals surface area contributed by atoms with Gasteiger partial charge in [0.2, 0.25) is 0 Å². The quantitative estimate of drug-likeness (QED) is 0.876. The number of fused-ring (bicyclic) bond motifs is 1. The highest BCUT2D eigenvalue weighted by Gasteiger charge is 2.13. The van der Waals surface area contributed by atoms with E-state index in [1.165, 1.54) is 5.56 Å². The number of anilines is 1. The van der Waals surface area contributed by atoms with Crippen molar-refractivity contribution >= 4 is 5.69 Å². The number of furan rings is 1. The van der Waals surface area contributed by atoms with E-state index in [9.17, 15) is 0 Å². The molecule has 1 aromatic carbocycles. The maximum Gasteiger partial charge on any atom is 0.122 e. The third-order valence-corrected chi connectivity index (χ3v) is 3.12. The van der Waals surface area contributed by atoms with Gasteiger partial charge in [-0.05, 0) is 36.8 Å². The van der Waals surface area contributed by atoms with E-state index in [0.717, 1.165) is 30.0 Å². The van der Waals surface area contributed by atoms with Gasteiger partial charge in [-0.25, -0.2) is 0 Å². The standard InChI is InChI=1S/C14H15NO2/c1-10(12-4-6-16-9-12)15-13-2-3-14-11(8-13)5-7-17-14/h2-4,6,8-10,15H,5,7H2,1H3. The first-order valence-electron chi connectivity index (χ1n) is 5.87. The Hall–Kier alpha value is -1.90. The Morgan fingerprint density at radius 3 is 3.06 bits per heavy atom. The third-order valence-electron chi connectivity index (χ3n) is 3.12. The number of hydrogen-bond donors (Lipinski definition) is 1. The number of rotatable bonds is 3. The van der Waals surface area contributed by atoms with Gasteiger partial charge in [-0.3, -0.25) is 0 Å². The molecular weight excluding hydrogens is 214 g/mol. The minimum absolute atomic E-state index is 0.245. The number of nitrogens with one attached hydrogen (secondary N) is 1. The van der Waals surface area contributed by atoms with Crippen LogP contribution in [-0.4, -0.2) is 6.61 Å². The van der Waals surface area contributed by atoms with Gasteiger partial charge < -0.3 is 14.5 Å². The van der Waals surface area contributed by atoms with Crippen molar-refractivity contribution in [1.29, 1.82) is 0 Å². The summed E-state index contributed by atoms with van der Waals surface area (Å²) in [6, 6.07) is 8.48. The molecule has 1 unspecified atom stereocenters. The van der Waals surface area contributed by atoms with Crippen LogP contribution in [0.25, 0.3) is 0 Å². The van der Waals surface area contributed by atoms with Crippen molar-refractivity contribution in [2.24, 2.45) is 0 Å². The van der Waals surface area contributed by atoms with E-state index in [1.807, 2.05) is 12.1 Å². The molecule has 1 aliphatic rings. The van der Waals surface area contributed by atoms with Crippen molar-refractivity contribution in [2.75, 3.05) is 11.9 Å². The molecule has 1 N–H and O–H groups in total. The first-order valence-corrected chi connectivity index (χ1v) is 5.87. The summed E-state index contributed by atoms with van der Waals surface area (Å²) in [4.78, 5) is 0. The van der Waals surface area contributed by atoms with Crippen molar-refractivity contribution < 1.29 is 9.15 Å². The predicted molar refractivity (Wildman–Crippen MR) is 66.4 cm³/mol. The number of ether oxygens (including phenoxy) is 1. The van der Waals surface area contributed by atoms with Crippen LogP contribution in [0.1, 0.15) is 24.1 Å². The van der Waals surface area contributed by atoms with E-state index in [4.69, 9.17) is 9.15 Å². The lowest BCUT2D eigenvalue weighted by molar-refractivity contribution is 0.357. The molecular formula is C14H15NO2. The van der Waals surface area contributed by atoms with Crippen LogP contribution in [0.3, 0.4) is 0 Å². The SMILES string of the molecule is CC(Nc1ccc2c(c1)CCO2)c1ccoc1. The fourth-order valence-electron chi connectivity index (χ4n) is 2.13.